The molecule has 0 atom stereocenters. The number of pyridine rings is 3. The van der Waals surface area contributed by atoms with E-state index in [2.05, 4.69) is 197 Å². The molecule has 0 aliphatic heterocycles. The van der Waals surface area contributed by atoms with E-state index >= 15 is 0 Å². The van der Waals surface area contributed by atoms with E-state index in [1.54, 1.807) is 62.3 Å². The Kier molecular flexibility index (Phi) is 28.5. The van der Waals surface area contributed by atoms with Crippen LogP contribution < -0.4 is 30.6 Å². The van der Waals surface area contributed by atoms with Crippen molar-refractivity contribution in [3.63, 3.8) is 0 Å². The molecule has 0 saturated carbocycles. The second kappa shape index (κ2) is 36.7. The van der Waals surface area contributed by atoms with Gasteiger partial charge in [0.25, 0.3) is 0 Å². The summed E-state index contributed by atoms with van der Waals surface area (Å²) in [6.07, 6.45) is 1.81. The molecule has 0 aliphatic rings. The molecule has 0 amide bonds. The van der Waals surface area contributed by atoms with Crippen molar-refractivity contribution >= 4 is 32.3 Å². The Balaban J connectivity index is 0.000000174. The van der Waals surface area contributed by atoms with Crippen LogP contribution in [0.1, 0.15) is 134 Å². The first-order valence-corrected chi connectivity index (χ1v) is 34.4. The Morgan fingerprint density at radius 1 is 0.339 bits per heavy atom. The van der Waals surface area contributed by atoms with Gasteiger partial charge in [-0.1, -0.05) is 135 Å². The molecule has 12 aromatic heterocycles. The number of fused-ring (bicyclic) bond motifs is 3. The summed E-state index contributed by atoms with van der Waals surface area (Å²) in [5.74, 6) is 1.84. The number of hydrogen-bond acceptors (Lipinski definition) is 18. The van der Waals surface area contributed by atoms with Crippen molar-refractivity contribution in [2.75, 3.05) is 0 Å². The van der Waals surface area contributed by atoms with E-state index in [1.165, 1.54) is 0 Å². The fraction of sp³-hybridized carbons (Fsp3) is 0.289. The fourth-order valence-corrected chi connectivity index (χ4v) is 10.6. The molecule has 0 aliphatic carbocycles. The van der Waals surface area contributed by atoms with E-state index in [0.29, 0.717) is 46.8 Å². The van der Waals surface area contributed by atoms with Crippen molar-refractivity contribution in [3.05, 3.63) is 211 Å². The average molecular weight is 2120 g/mol. The van der Waals surface area contributed by atoms with Crippen LogP contribution in [-0.4, -0.2) is 104 Å². The molecule has 39 heteroatoms. The standard InChI is InChI=1S/3C16H14F3N4.C12H10N5.C9H12N5.C7H8N5.3Pt/c3*1-15(2,3)11-5-4-9-8-20-12(7-10(9)6-11)13-21-14(23-22-13)16(17,18)19;1-9-14-11(16-15-9)12-13-7-8-17(12)10-5-3-2-4-6-10;1-6(2)14-5-4-10-9(14)8-11-7(3)12-13-8;1-5-9-6(11-10-5)7-8-3-4-12(7)2;;;/h3*4-8H,1-3H3;2-8H,1H3;4-6H,1-3H3;3-4H,1-2H3;;;/q6*-1;3*+2. The summed E-state index contributed by atoms with van der Waals surface area (Å²) in [5, 5.41) is 48.4. The summed E-state index contributed by atoms with van der Waals surface area (Å²) in [6, 6.07) is 33.2. The number of aromatic nitrogens is 27. The van der Waals surface area contributed by atoms with E-state index in [9.17, 15) is 39.5 Å². The molecule has 115 heavy (non-hydrogen) atoms. The number of imidazole rings is 3. The van der Waals surface area contributed by atoms with Gasteiger partial charge in [-0.2, -0.15) is 39.5 Å². The van der Waals surface area contributed by atoms with Crippen molar-refractivity contribution in [1.82, 2.24) is 135 Å². The van der Waals surface area contributed by atoms with Gasteiger partial charge in [0, 0.05) is 126 Å². The minimum absolute atomic E-state index is 0. The summed E-state index contributed by atoms with van der Waals surface area (Å²) in [4.78, 5) is 47.8. The first-order chi connectivity index (χ1) is 52.7. The van der Waals surface area contributed by atoms with Crippen LogP contribution >= 0.6 is 0 Å². The summed E-state index contributed by atoms with van der Waals surface area (Å²) in [5.41, 5.74) is 5.13. The maximum Gasteiger partial charge on any atom is 2.00 e. The van der Waals surface area contributed by atoms with Gasteiger partial charge in [0.05, 0.1) is 17.1 Å². The van der Waals surface area contributed by atoms with E-state index in [1.807, 2.05) is 138 Å². The Labute approximate surface area is 695 Å². The Morgan fingerprint density at radius 2 is 0.661 bits per heavy atom. The topological polar surface area (TPSA) is 331 Å². The third kappa shape index (κ3) is 22.7. The molecule has 4 aromatic carbocycles. The van der Waals surface area contributed by atoms with Crippen LogP contribution in [-0.2, 0) is 105 Å². The molecule has 0 saturated heterocycles. The molecule has 16 aromatic rings. The van der Waals surface area contributed by atoms with Gasteiger partial charge in [-0.25, -0.2) is 15.0 Å². The van der Waals surface area contributed by atoms with Gasteiger partial charge in [0.2, 0.25) is 0 Å². The van der Waals surface area contributed by atoms with Crippen LogP contribution in [0.5, 0.6) is 0 Å². The van der Waals surface area contributed by atoms with Crippen LogP contribution in [0.25, 0.3) is 108 Å². The summed E-state index contributed by atoms with van der Waals surface area (Å²) < 4.78 is 119. The molecule has 0 spiro atoms. The number of hydrogen-bond donors (Lipinski definition) is 0. The van der Waals surface area contributed by atoms with Crippen LogP contribution in [0.15, 0.2) is 159 Å². The smallest absolute Gasteiger partial charge is 0.420 e. The van der Waals surface area contributed by atoms with Crippen molar-refractivity contribution in [3.8, 4) is 75.2 Å². The first-order valence-electron chi connectivity index (χ1n) is 34.4. The number of nitrogens with zero attached hydrogens (tertiary/aromatic N) is 27. The van der Waals surface area contributed by atoms with Crippen molar-refractivity contribution in [2.45, 2.75) is 138 Å². The number of alkyl halides is 9. The Bertz CT molecular complexity index is 5500. The zero-order chi connectivity index (χ0) is 80.8. The average Bonchev–Trinajstić information content (AvgIpc) is 1.36. The number of aryl methyl sites for hydroxylation is 4. The largest absolute Gasteiger partial charge is 2.00 e. The molecule has 0 N–H and O–H groups in total. The van der Waals surface area contributed by atoms with Crippen molar-refractivity contribution < 1.29 is 103 Å². The van der Waals surface area contributed by atoms with Gasteiger partial charge in [0.15, 0.2) is 0 Å². The number of para-hydroxylation sites is 1. The van der Waals surface area contributed by atoms with Crippen LogP contribution in [0.3, 0.4) is 0 Å². The predicted molar refractivity (Wildman–Crippen MR) is 396 cm³/mol. The maximum atomic E-state index is 12.6. The Morgan fingerprint density at radius 3 is 0.974 bits per heavy atom. The summed E-state index contributed by atoms with van der Waals surface area (Å²) in [6.45, 7) is 28.5. The van der Waals surface area contributed by atoms with Gasteiger partial charge in [-0.15, -0.1) is 0 Å². The molecule has 0 bridgehead atoms. The molecule has 27 nitrogen and oxygen atoms in total. The number of rotatable bonds is 8. The summed E-state index contributed by atoms with van der Waals surface area (Å²) in [7, 11) is 1.90. The van der Waals surface area contributed by atoms with Gasteiger partial charge in [0.1, 0.15) is 34.9 Å². The molecule has 0 unspecified atom stereocenters. The normalized spacial score (nSPS) is 11.7. The molecule has 604 valence electrons. The minimum atomic E-state index is -4.61. The molecular formula is C76H72F9N27Pt3. The van der Waals surface area contributed by atoms with Crippen molar-refractivity contribution in [1.29, 1.82) is 0 Å². The summed E-state index contributed by atoms with van der Waals surface area (Å²) >= 11 is 0. The maximum absolute atomic E-state index is 12.6. The predicted octanol–water partition coefficient (Wildman–Crippen LogP) is 14.8. The zero-order valence-electron chi connectivity index (χ0n) is 64.0. The van der Waals surface area contributed by atoms with Gasteiger partial charge >= 0.3 is 81.7 Å². The zero-order valence-corrected chi connectivity index (χ0v) is 70.8. The van der Waals surface area contributed by atoms with Crippen LogP contribution in [0.4, 0.5) is 39.5 Å². The van der Waals surface area contributed by atoms with Crippen molar-refractivity contribution in [2.24, 2.45) is 7.05 Å². The second-order valence-electron chi connectivity index (χ2n) is 28.6. The third-order valence-corrected chi connectivity index (χ3v) is 16.6. The van der Waals surface area contributed by atoms with Gasteiger partial charge in [-0.05, 0) is 132 Å². The van der Waals surface area contributed by atoms with Gasteiger partial charge < -0.3 is 74.2 Å². The molecule has 16 rings (SSSR count). The van der Waals surface area contributed by atoms with Crippen LogP contribution in [0.2, 0.25) is 0 Å². The van der Waals surface area contributed by atoms with E-state index in [-0.39, 0.29) is 114 Å². The molecule has 0 radical (unpaired) electrons. The fourth-order valence-electron chi connectivity index (χ4n) is 10.6. The van der Waals surface area contributed by atoms with Crippen LogP contribution in [0, 0.1) is 20.8 Å². The third-order valence-electron chi connectivity index (χ3n) is 16.6. The number of halogens is 9. The first kappa shape index (κ1) is 89.6. The SMILES string of the molecule is CC(C)(C)c1ccc2cnc(-c3nc(C(F)(F)F)n[n-]3)cc2c1.CC(C)(C)c1ccc2cnc(-c3nc(C(F)(F)F)n[n-]3)cc2c1.CC(C)(C)c1ccc2cnc(-c3nc(C(F)(F)F)n[n-]3)cc2c1.Cc1n[n-]c(-c2nccn2-c2ccccc2)n1.Cc1n[n-]c(-c2nccn2C(C)C)n1.Cc1n[n-]c(-c2nccn2C)n1.[Pt+2].[Pt+2].[Pt+2]. The quantitative estimate of drug-likeness (QED) is 0.128. The monoisotopic (exact) mass is 2120 g/mol. The minimum Gasteiger partial charge on any atom is -0.420 e. The Hall–Kier alpha value is -11.0. The molecular weight excluding hydrogens is 2050 g/mol. The van der Waals surface area contributed by atoms with E-state index in [4.69, 9.17) is 0 Å². The number of benzene rings is 4. The second-order valence-corrected chi connectivity index (χ2v) is 28.6. The van der Waals surface area contributed by atoms with Gasteiger partial charge in [-0.3, -0.25) is 45.5 Å². The molecule has 12 heterocycles. The van der Waals surface area contributed by atoms with E-state index < -0.39 is 36.0 Å². The van der Waals surface area contributed by atoms with E-state index in [0.717, 1.165) is 66.3 Å². The molecule has 0 fully saturated rings.